The molecular weight excluding hydrogens is 432 g/mol. The third-order valence-corrected chi connectivity index (χ3v) is 7.10. The number of halogens is 1. The number of hydrogen-bond acceptors (Lipinski definition) is 6. The number of nitrogens with zero attached hydrogens (tertiary/aromatic N) is 2. The molecule has 3 N–H and O–H groups in total. The summed E-state index contributed by atoms with van der Waals surface area (Å²) in [5, 5.41) is 10.3. The molecule has 1 aromatic rings. The first-order valence-electron chi connectivity index (χ1n) is 10.5. The van der Waals surface area contributed by atoms with E-state index in [1.54, 1.807) is 18.7 Å². The Bertz CT molecular complexity index is 936. The Morgan fingerprint density at radius 3 is 2.45 bits per heavy atom. The number of benzene rings is 1. The minimum absolute atomic E-state index is 0.0362. The van der Waals surface area contributed by atoms with Crippen molar-refractivity contribution >= 4 is 40.9 Å². The molecule has 2 aliphatic heterocycles. The number of carbonyl (C=O) groups is 1. The summed E-state index contributed by atoms with van der Waals surface area (Å²) in [5.74, 6) is 0.185. The van der Waals surface area contributed by atoms with Crippen molar-refractivity contribution in [3.63, 3.8) is 0 Å². The summed E-state index contributed by atoms with van der Waals surface area (Å²) in [6.45, 7) is 11.6. The molecule has 3 rings (SSSR count). The summed E-state index contributed by atoms with van der Waals surface area (Å²) in [6, 6.07) is 6.99. The molecule has 0 spiro atoms. The van der Waals surface area contributed by atoms with E-state index in [0.29, 0.717) is 16.1 Å². The molecule has 6 nitrogen and oxygen atoms in total. The first-order valence-corrected chi connectivity index (χ1v) is 11.7. The number of esters is 1. The normalized spacial score (nSPS) is 26.3. The van der Waals surface area contributed by atoms with Crippen LogP contribution in [0.5, 0.6) is 0 Å². The van der Waals surface area contributed by atoms with Gasteiger partial charge in [-0.25, -0.2) is 0 Å². The van der Waals surface area contributed by atoms with Gasteiger partial charge >= 0.3 is 5.97 Å². The highest BCUT2D eigenvalue weighted by Gasteiger charge is 2.42. The maximum atomic E-state index is 12.7. The van der Waals surface area contributed by atoms with E-state index in [2.05, 4.69) is 13.8 Å². The molecule has 8 heteroatoms. The summed E-state index contributed by atoms with van der Waals surface area (Å²) >= 11 is 7.82. The molecule has 0 radical (unpaired) electrons. The van der Waals surface area contributed by atoms with E-state index in [4.69, 9.17) is 32.5 Å². The van der Waals surface area contributed by atoms with Gasteiger partial charge in [-0.05, 0) is 45.7 Å². The first-order chi connectivity index (χ1) is 14.4. The first kappa shape index (κ1) is 23.8. The smallest absolute Gasteiger partial charge is 0.308 e. The summed E-state index contributed by atoms with van der Waals surface area (Å²) in [7, 11) is 0. The average molecular weight is 463 g/mol. The van der Waals surface area contributed by atoms with Crippen LogP contribution in [0.15, 0.2) is 39.9 Å². The van der Waals surface area contributed by atoms with Gasteiger partial charge in [-0.1, -0.05) is 37.6 Å². The fourth-order valence-corrected chi connectivity index (χ4v) is 5.43. The Hall–Kier alpha value is -1.83. The molecule has 2 aliphatic rings. The van der Waals surface area contributed by atoms with Crippen molar-refractivity contribution in [1.82, 2.24) is 4.90 Å². The van der Waals surface area contributed by atoms with E-state index < -0.39 is 17.8 Å². The number of thioether (sulfide) groups is 1. The van der Waals surface area contributed by atoms with Crippen molar-refractivity contribution in [2.24, 2.45) is 16.6 Å². The van der Waals surface area contributed by atoms with Gasteiger partial charge in [-0.2, -0.15) is 0 Å². The fraction of sp³-hybridized carbons (Fsp3) is 0.522. The molecule has 3 unspecified atom stereocenters. The SMILES string of the molecule is CC(=N)N1C2=C(C(c3ccc(Cl)cc3)=N[C@@H](CC(=O)OC(C)(C)C)C1N)C(C)C(C)S2. The quantitative estimate of drug-likeness (QED) is 0.382. The van der Waals surface area contributed by atoms with Crippen LogP contribution in [0.2, 0.25) is 5.02 Å². The molecule has 0 aromatic heterocycles. The van der Waals surface area contributed by atoms with Gasteiger partial charge in [-0.3, -0.25) is 15.2 Å². The summed E-state index contributed by atoms with van der Waals surface area (Å²) in [4.78, 5) is 19.5. The number of nitrogens with two attached hydrogens (primary N) is 1. The molecule has 0 aliphatic carbocycles. The average Bonchev–Trinajstić information content (AvgIpc) is 2.85. The second kappa shape index (κ2) is 8.96. The molecule has 0 bridgehead atoms. The van der Waals surface area contributed by atoms with Crippen molar-refractivity contribution in [1.29, 1.82) is 5.41 Å². The number of rotatable bonds is 3. The van der Waals surface area contributed by atoms with Crippen LogP contribution in [0.1, 0.15) is 53.5 Å². The Balaban J connectivity index is 2.13. The van der Waals surface area contributed by atoms with Gasteiger partial charge in [0.15, 0.2) is 0 Å². The van der Waals surface area contributed by atoms with Gasteiger partial charge in [-0.15, -0.1) is 11.8 Å². The summed E-state index contributed by atoms with van der Waals surface area (Å²) < 4.78 is 5.54. The maximum Gasteiger partial charge on any atom is 0.308 e. The monoisotopic (exact) mass is 462 g/mol. The second-order valence-electron chi connectivity index (χ2n) is 9.12. The van der Waals surface area contributed by atoms with Gasteiger partial charge in [0.25, 0.3) is 0 Å². The van der Waals surface area contributed by atoms with Crippen LogP contribution in [0.3, 0.4) is 0 Å². The number of hydrogen-bond donors (Lipinski definition) is 2. The Labute approximate surface area is 193 Å². The lowest BCUT2D eigenvalue weighted by atomic mass is 9.91. The molecule has 2 heterocycles. The largest absolute Gasteiger partial charge is 0.460 e. The van der Waals surface area contributed by atoms with E-state index in [1.165, 1.54) is 0 Å². The van der Waals surface area contributed by atoms with Crippen molar-refractivity contribution < 1.29 is 9.53 Å². The number of amidine groups is 1. The van der Waals surface area contributed by atoms with Crippen LogP contribution in [0.4, 0.5) is 0 Å². The number of nitrogens with one attached hydrogen (secondary N) is 1. The van der Waals surface area contributed by atoms with Crippen molar-refractivity contribution in [3.05, 3.63) is 45.5 Å². The highest BCUT2D eigenvalue weighted by molar-refractivity contribution is 8.03. The lowest BCUT2D eigenvalue weighted by Gasteiger charge is -2.33. The Morgan fingerprint density at radius 2 is 1.90 bits per heavy atom. The van der Waals surface area contributed by atoms with Crippen LogP contribution in [-0.2, 0) is 9.53 Å². The van der Waals surface area contributed by atoms with E-state index >= 15 is 0 Å². The van der Waals surface area contributed by atoms with E-state index in [0.717, 1.165) is 21.9 Å². The van der Waals surface area contributed by atoms with Gasteiger partial charge in [0.2, 0.25) is 0 Å². The Kier molecular flexibility index (Phi) is 6.89. The lowest BCUT2D eigenvalue weighted by molar-refractivity contribution is -0.155. The van der Waals surface area contributed by atoms with Gasteiger partial charge in [0.05, 0.1) is 29.0 Å². The van der Waals surface area contributed by atoms with Crippen molar-refractivity contribution in [3.8, 4) is 0 Å². The van der Waals surface area contributed by atoms with E-state index in [-0.39, 0.29) is 18.3 Å². The molecule has 1 aromatic carbocycles. The van der Waals surface area contributed by atoms with Gasteiger partial charge < -0.3 is 15.4 Å². The fourth-order valence-electron chi connectivity index (χ4n) is 3.83. The molecule has 0 saturated heterocycles. The zero-order valence-corrected chi connectivity index (χ0v) is 20.5. The minimum atomic E-state index is -0.648. The highest BCUT2D eigenvalue weighted by atomic mass is 35.5. The number of aliphatic imine (C=N–C) groups is 1. The van der Waals surface area contributed by atoms with Gasteiger partial charge in [0, 0.05) is 21.4 Å². The van der Waals surface area contributed by atoms with E-state index in [9.17, 15) is 4.79 Å². The summed E-state index contributed by atoms with van der Waals surface area (Å²) in [5.41, 5.74) is 8.85. The molecule has 0 amide bonds. The molecule has 168 valence electrons. The van der Waals surface area contributed by atoms with Crippen LogP contribution in [0, 0.1) is 11.3 Å². The number of carbonyl (C=O) groups excluding carboxylic acids is 1. The number of ether oxygens (including phenoxy) is 1. The van der Waals surface area contributed by atoms with Crippen LogP contribution < -0.4 is 5.73 Å². The second-order valence-corrected chi connectivity index (χ2v) is 10.9. The van der Waals surface area contributed by atoms with Crippen LogP contribution >= 0.6 is 23.4 Å². The topological polar surface area (TPSA) is 91.8 Å². The molecule has 31 heavy (non-hydrogen) atoms. The van der Waals surface area contributed by atoms with Crippen molar-refractivity contribution in [2.45, 2.75) is 71.0 Å². The third-order valence-electron chi connectivity index (χ3n) is 5.42. The molecule has 0 saturated carbocycles. The standard InChI is InChI=1S/C23H31ClN4O2S/c1-12-13(2)31-22-19(12)20(15-7-9-16(24)10-8-15)27-17(21(26)28(22)14(3)25)11-18(29)30-23(4,5)6/h7-10,12-13,17,21,25H,11,26H2,1-6H3/t12?,13?,17-,21?/m0/s1. The van der Waals surface area contributed by atoms with Gasteiger partial charge in [0.1, 0.15) is 11.8 Å². The minimum Gasteiger partial charge on any atom is -0.460 e. The predicted molar refractivity (Wildman–Crippen MR) is 129 cm³/mol. The zero-order valence-electron chi connectivity index (χ0n) is 18.9. The van der Waals surface area contributed by atoms with E-state index in [1.807, 2.05) is 49.9 Å². The van der Waals surface area contributed by atoms with Crippen molar-refractivity contribution in [2.75, 3.05) is 0 Å². The lowest BCUT2D eigenvalue weighted by Crippen LogP contribution is -2.50. The predicted octanol–water partition coefficient (Wildman–Crippen LogP) is 4.81. The highest BCUT2D eigenvalue weighted by Crippen LogP contribution is 2.47. The zero-order chi connectivity index (χ0) is 23.1. The molecule has 0 fully saturated rings. The summed E-state index contributed by atoms with van der Waals surface area (Å²) in [6.07, 6.45) is -0.612. The molecule has 4 atom stereocenters. The number of allylic oxidation sites excluding steroid dienone is 1. The Morgan fingerprint density at radius 1 is 1.29 bits per heavy atom. The van der Waals surface area contributed by atoms with Crippen LogP contribution in [-0.4, -0.2) is 45.5 Å². The maximum absolute atomic E-state index is 12.7. The third kappa shape index (κ3) is 5.16. The van der Waals surface area contributed by atoms with Crippen LogP contribution in [0.25, 0.3) is 0 Å². The molecular formula is C23H31ClN4O2S.